The summed E-state index contributed by atoms with van der Waals surface area (Å²) in [6, 6.07) is 14.0. The molecule has 6 nitrogen and oxygen atoms in total. The zero-order chi connectivity index (χ0) is 19.2. The second-order valence-corrected chi connectivity index (χ2v) is 8.68. The Labute approximate surface area is 159 Å². The van der Waals surface area contributed by atoms with Crippen molar-refractivity contribution in [3.63, 3.8) is 0 Å². The second kappa shape index (κ2) is 6.49. The van der Waals surface area contributed by atoms with Gasteiger partial charge in [0.1, 0.15) is 4.90 Å². The van der Waals surface area contributed by atoms with Crippen LogP contribution in [0.25, 0.3) is 0 Å². The van der Waals surface area contributed by atoms with Gasteiger partial charge in [0.2, 0.25) is 0 Å². The molecule has 0 aromatic heterocycles. The van der Waals surface area contributed by atoms with Gasteiger partial charge in [-0.2, -0.15) is 8.42 Å². The van der Waals surface area contributed by atoms with E-state index < -0.39 is 10.0 Å². The Morgan fingerprint density at radius 2 is 1.81 bits per heavy atom. The van der Waals surface area contributed by atoms with Crippen LogP contribution < -0.4 is 5.32 Å². The molecule has 0 saturated heterocycles. The van der Waals surface area contributed by atoms with Crippen molar-refractivity contribution in [1.29, 1.82) is 0 Å². The van der Waals surface area contributed by atoms with Gasteiger partial charge in [0, 0.05) is 29.9 Å². The third-order valence-corrected chi connectivity index (χ3v) is 6.60. The minimum atomic E-state index is -3.65. The van der Waals surface area contributed by atoms with E-state index in [1.165, 1.54) is 12.8 Å². The van der Waals surface area contributed by atoms with Crippen molar-refractivity contribution in [3.05, 3.63) is 59.7 Å². The van der Waals surface area contributed by atoms with Crippen LogP contribution in [0.2, 0.25) is 0 Å². The molecule has 1 N–H and O–H groups in total. The summed E-state index contributed by atoms with van der Waals surface area (Å²) in [5, 5.41) is 3.04. The number of nitrogens with zero attached hydrogens (tertiary/aromatic N) is 2. The molecule has 7 heteroatoms. The van der Waals surface area contributed by atoms with Gasteiger partial charge in [0.25, 0.3) is 15.9 Å². The summed E-state index contributed by atoms with van der Waals surface area (Å²) in [6.07, 6.45) is 2.38. The smallest absolute Gasteiger partial charge is 0.285 e. The molecule has 2 aromatic rings. The van der Waals surface area contributed by atoms with Crippen LogP contribution >= 0.6 is 0 Å². The molecule has 2 aliphatic rings. The summed E-state index contributed by atoms with van der Waals surface area (Å²) < 4.78 is 28.1. The first-order valence-corrected chi connectivity index (χ1v) is 10.4. The number of carbonyl (C=O) groups is 1. The number of anilines is 1. The third kappa shape index (κ3) is 3.35. The molecule has 0 radical (unpaired) electrons. The largest absolute Gasteiger partial charge is 0.339 e. The zero-order valence-corrected chi connectivity index (χ0v) is 16.0. The molecule has 4 rings (SSSR count). The van der Waals surface area contributed by atoms with E-state index in [0.29, 0.717) is 28.6 Å². The third-order valence-electron chi connectivity index (χ3n) is 5.26. The van der Waals surface area contributed by atoms with E-state index in [-0.39, 0.29) is 16.8 Å². The standard InChI is InChI=1S/C20H21N3O3S/c1-13(14-7-8-14)23(2)20(24)15-9-11-16(12-10-15)21-19-17-5-3-4-6-18(17)27(25,26)22-19/h3-6,9-14H,7-8H2,1-2H3,(H,21,22)/t13-/m0/s1. The molecule has 1 aliphatic heterocycles. The fourth-order valence-corrected chi connectivity index (χ4v) is 4.49. The van der Waals surface area contributed by atoms with Crippen LogP contribution in [0.15, 0.2) is 57.8 Å². The first kappa shape index (κ1) is 17.7. The van der Waals surface area contributed by atoms with Crippen LogP contribution in [-0.2, 0) is 10.0 Å². The van der Waals surface area contributed by atoms with Gasteiger partial charge in [0.05, 0.1) is 0 Å². The van der Waals surface area contributed by atoms with Crippen LogP contribution in [-0.4, -0.2) is 38.2 Å². The Morgan fingerprint density at radius 3 is 2.48 bits per heavy atom. The summed E-state index contributed by atoms with van der Waals surface area (Å²) in [5.41, 5.74) is 1.84. The molecule has 27 heavy (non-hydrogen) atoms. The molecule has 1 amide bonds. The molecule has 1 saturated carbocycles. The van der Waals surface area contributed by atoms with Gasteiger partial charge >= 0.3 is 0 Å². The predicted molar refractivity (Wildman–Crippen MR) is 105 cm³/mol. The fourth-order valence-electron chi connectivity index (χ4n) is 3.31. The average molecular weight is 383 g/mol. The first-order chi connectivity index (χ1) is 12.9. The van der Waals surface area contributed by atoms with E-state index in [1.807, 2.05) is 7.05 Å². The zero-order valence-electron chi connectivity index (χ0n) is 15.2. The van der Waals surface area contributed by atoms with Gasteiger partial charge in [-0.25, -0.2) is 0 Å². The van der Waals surface area contributed by atoms with Crippen molar-refractivity contribution in [3.8, 4) is 0 Å². The van der Waals surface area contributed by atoms with Gasteiger partial charge in [-0.15, -0.1) is 4.40 Å². The summed E-state index contributed by atoms with van der Waals surface area (Å²) in [6.45, 7) is 2.08. The lowest BCUT2D eigenvalue weighted by Gasteiger charge is -2.25. The van der Waals surface area contributed by atoms with Gasteiger partial charge in [-0.05, 0) is 62.1 Å². The number of nitrogens with one attached hydrogen (secondary N) is 1. The number of carbonyl (C=O) groups excluding carboxylic acids is 1. The van der Waals surface area contributed by atoms with E-state index in [9.17, 15) is 13.2 Å². The van der Waals surface area contributed by atoms with Gasteiger partial charge in [0.15, 0.2) is 5.84 Å². The van der Waals surface area contributed by atoms with Crippen molar-refractivity contribution in [2.24, 2.45) is 10.3 Å². The highest BCUT2D eigenvalue weighted by molar-refractivity contribution is 7.90. The van der Waals surface area contributed by atoms with Crippen molar-refractivity contribution >= 4 is 27.5 Å². The maximum Gasteiger partial charge on any atom is 0.285 e. The second-order valence-electron chi connectivity index (χ2n) is 7.11. The maximum absolute atomic E-state index is 12.6. The Morgan fingerprint density at radius 1 is 1.15 bits per heavy atom. The average Bonchev–Trinajstić information content (AvgIpc) is 3.48. The van der Waals surface area contributed by atoms with Crippen molar-refractivity contribution in [2.45, 2.75) is 30.7 Å². The van der Waals surface area contributed by atoms with E-state index in [4.69, 9.17) is 0 Å². The molecular weight excluding hydrogens is 362 g/mol. The maximum atomic E-state index is 12.6. The van der Waals surface area contributed by atoms with E-state index in [0.717, 1.165) is 0 Å². The highest BCUT2D eigenvalue weighted by Crippen LogP contribution is 2.35. The van der Waals surface area contributed by atoms with Gasteiger partial charge < -0.3 is 10.2 Å². The number of amidine groups is 1. The monoisotopic (exact) mass is 383 g/mol. The van der Waals surface area contributed by atoms with Crippen LogP contribution in [0.1, 0.15) is 35.7 Å². The molecule has 140 valence electrons. The highest BCUT2D eigenvalue weighted by atomic mass is 32.2. The Bertz CT molecular complexity index is 1020. The molecule has 0 unspecified atom stereocenters. The molecule has 0 bridgehead atoms. The summed E-state index contributed by atoms with van der Waals surface area (Å²) in [5.74, 6) is 0.901. The quantitative estimate of drug-likeness (QED) is 0.880. The summed E-state index contributed by atoms with van der Waals surface area (Å²) >= 11 is 0. The number of amides is 1. The minimum Gasteiger partial charge on any atom is -0.339 e. The van der Waals surface area contributed by atoms with Crippen LogP contribution in [0.5, 0.6) is 0 Å². The highest BCUT2D eigenvalue weighted by Gasteiger charge is 2.33. The number of fused-ring (bicyclic) bond motifs is 1. The van der Waals surface area contributed by atoms with Crippen LogP contribution in [0, 0.1) is 5.92 Å². The number of benzene rings is 2. The lowest BCUT2D eigenvalue weighted by molar-refractivity contribution is 0.0727. The topological polar surface area (TPSA) is 78.8 Å². The molecule has 1 heterocycles. The number of sulfonamides is 1. The fraction of sp³-hybridized carbons (Fsp3) is 0.300. The number of hydrogen-bond acceptors (Lipinski definition) is 4. The summed E-state index contributed by atoms with van der Waals surface area (Å²) in [7, 11) is -1.82. The lowest BCUT2D eigenvalue weighted by atomic mass is 10.1. The molecule has 0 spiro atoms. The van der Waals surface area contributed by atoms with Gasteiger partial charge in [-0.3, -0.25) is 4.79 Å². The molecular formula is C20H21N3O3S. The predicted octanol–water partition coefficient (Wildman–Crippen LogP) is 3.12. The van der Waals surface area contributed by atoms with E-state index >= 15 is 0 Å². The molecule has 2 aromatic carbocycles. The molecule has 1 atom stereocenters. The van der Waals surface area contributed by atoms with Crippen molar-refractivity contribution < 1.29 is 13.2 Å². The van der Waals surface area contributed by atoms with Crippen LogP contribution in [0.3, 0.4) is 0 Å². The Kier molecular flexibility index (Phi) is 4.26. The SMILES string of the molecule is C[C@@H](C1CC1)N(C)C(=O)c1ccc(NC2=NS(=O)(=O)c3ccccc32)cc1. The number of hydrogen-bond donors (Lipinski definition) is 1. The van der Waals surface area contributed by atoms with E-state index in [1.54, 1.807) is 53.4 Å². The Balaban J connectivity index is 1.51. The molecule has 1 fully saturated rings. The number of rotatable bonds is 4. The summed E-state index contributed by atoms with van der Waals surface area (Å²) in [4.78, 5) is 14.6. The van der Waals surface area contributed by atoms with Crippen LogP contribution in [0.4, 0.5) is 5.69 Å². The molecule has 1 aliphatic carbocycles. The lowest BCUT2D eigenvalue weighted by Crippen LogP contribution is -2.36. The minimum absolute atomic E-state index is 0.00733. The van der Waals surface area contributed by atoms with Gasteiger partial charge in [-0.1, -0.05) is 12.1 Å². The normalized spacial score (nSPS) is 18.4. The Hall–Kier alpha value is -2.67. The van der Waals surface area contributed by atoms with Crippen molar-refractivity contribution in [2.75, 3.05) is 12.4 Å². The van der Waals surface area contributed by atoms with Crippen molar-refractivity contribution in [1.82, 2.24) is 4.90 Å². The first-order valence-electron chi connectivity index (χ1n) is 8.95. The van der Waals surface area contributed by atoms with E-state index in [2.05, 4.69) is 16.6 Å².